The smallest absolute Gasteiger partial charge is 0.159 e. The number of carbonyl (C=O) groups is 1. The zero-order chi connectivity index (χ0) is 18.9. The lowest BCUT2D eigenvalue weighted by atomic mass is 10.1. The Labute approximate surface area is 153 Å². The third kappa shape index (κ3) is 4.19. The Morgan fingerprint density at radius 2 is 2.04 bits per heavy atom. The summed E-state index contributed by atoms with van der Waals surface area (Å²) >= 11 is 0. The highest BCUT2D eigenvalue weighted by Crippen LogP contribution is 2.25. The second kappa shape index (κ2) is 7.03. The molecule has 1 fully saturated rings. The highest BCUT2D eigenvalue weighted by Gasteiger charge is 2.31. The van der Waals surface area contributed by atoms with Crippen LogP contribution in [-0.2, 0) is 9.84 Å². The number of aryl methyl sites for hydroxylation is 1. The monoisotopic (exact) mass is 374 g/mol. The standard InChI is InChI=1S/C18H22N4O3S/c1-12(23)14-5-4-6-15(9-14)21-17-10-18(20-13(2)19-17)22(3)16-7-8-26(24,25)11-16/h4-6,9-10,16H,7-8,11H2,1-3H3,(H,19,20,21). The molecule has 1 unspecified atom stereocenters. The normalized spacial score (nSPS) is 18.5. The van der Waals surface area contributed by atoms with E-state index in [0.29, 0.717) is 29.4 Å². The van der Waals surface area contributed by atoms with Crippen LogP contribution in [0.4, 0.5) is 17.3 Å². The maximum Gasteiger partial charge on any atom is 0.159 e. The van der Waals surface area contributed by atoms with E-state index in [2.05, 4.69) is 15.3 Å². The minimum atomic E-state index is -2.96. The predicted molar refractivity (Wildman–Crippen MR) is 102 cm³/mol. The molecule has 0 radical (unpaired) electrons. The molecule has 0 saturated carbocycles. The average molecular weight is 374 g/mol. The van der Waals surface area contributed by atoms with Gasteiger partial charge in [0.15, 0.2) is 15.6 Å². The lowest BCUT2D eigenvalue weighted by molar-refractivity contribution is 0.101. The van der Waals surface area contributed by atoms with E-state index in [1.165, 1.54) is 6.92 Å². The van der Waals surface area contributed by atoms with Crippen molar-refractivity contribution in [3.8, 4) is 0 Å². The third-order valence-corrected chi connectivity index (χ3v) is 6.23. The maximum atomic E-state index is 11.7. The molecule has 0 aliphatic carbocycles. The van der Waals surface area contributed by atoms with Crippen LogP contribution in [0.15, 0.2) is 30.3 Å². The average Bonchev–Trinajstić information content (AvgIpc) is 2.94. The Kier molecular flexibility index (Phi) is 4.95. The van der Waals surface area contributed by atoms with Crippen LogP contribution in [0.1, 0.15) is 29.5 Å². The molecule has 26 heavy (non-hydrogen) atoms. The summed E-state index contributed by atoms with van der Waals surface area (Å²) in [4.78, 5) is 22.3. The maximum absolute atomic E-state index is 11.7. The van der Waals surface area contributed by atoms with Gasteiger partial charge in [-0.15, -0.1) is 0 Å². The first kappa shape index (κ1) is 18.3. The minimum absolute atomic E-state index is 0.00427. The Morgan fingerprint density at radius 1 is 1.27 bits per heavy atom. The molecule has 1 aliphatic heterocycles. The van der Waals surface area contributed by atoms with Crippen LogP contribution in [0.2, 0.25) is 0 Å². The molecule has 1 N–H and O–H groups in total. The van der Waals surface area contributed by atoms with Crippen molar-refractivity contribution >= 4 is 32.9 Å². The van der Waals surface area contributed by atoms with E-state index < -0.39 is 9.84 Å². The fourth-order valence-electron chi connectivity index (χ4n) is 3.03. The number of Topliss-reactive ketones (excluding diaryl/α,β-unsaturated/α-hetero) is 1. The van der Waals surface area contributed by atoms with E-state index in [9.17, 15) is 13.2 Å². The Hall–Kier alpha value is -2.48. The van der Waals surface area contributed by atoms with Crippen LogP contribution in [0, 0.1) is 6.92 Å². The predicted octanol–water partition coefficient (Wildman–Crippen LogP) is 2.35. The summed E-state index contributed by atoms with van der Waals surface area (Å²) in [6.45, 7) is 3.32. The molecular formula is C18H22N4O3S. The van der Waals surface area contributed by atoms with Crippen molar-refractivity contribution in [3.05, 3.63) is 41.7 Å². The SMILES string of the molecule is CC(=O)c1cccc(Nc2cc(N(C)C3CCS(=O)(=O)C3)nc(C)n2)c1. The van der Waals surface area contributed by atoms with Crippen molar-refractivity contribution in [2.75, 3.05) is 28.8 Å². The van der Waals surface area contributed by atoms with Gasteiger partial charge in [-0.3, -0.25) is 4.79 Å². The van der Waals surface area contributed by atoms with Crippen molar-refractivity contribution < 1.29 is 13.2 Å². The molecule has 138 valence electrons. The van der Waals surface area contributed by atoms with Gasteiger partial charge in [-0.25, -0.2) is 18.4 Å². The van der Waals surface area contributed by atoms with Gasteiger partial charge in [-0.1, -0.05) is 12.1 Å². The fraction of sp³-hybridized carbons (Fsp3) is 0.389. The van der Waals surface area contributed by atoms with Gasteiger partial charge in [0.1, 0.15) is 17.5 Å². The Bertz CT molecular complexity index is 943. The highest BCUT2D eigenvalue weighted by atomic mass is 32.2. The first-order valence-electron chi connectivity index (χ1n) is 8.40. The van der Waals surface area contributed by atoms with Gasteiger partial charge in [0.25, 0.3) is 0 Å². The molecule has 0 amide bonds. The molecule has 2 heterocycles. The van der Waals surface area contributed by atoms with Crippen molar-refractivity contribution in [1.82, 2.24) is 9.97 Å². The molecule has 0 spiro atoms. The summed E-state index contributed by atoms with van der Waals surface area (Å²) in [5, 5.41) is 3.19. The van der Waals surface area contributed by atoms with E-state index in [-0.39, 0.29) is 23.3 Å². The molecule has 1 aromatic carbocycles. The molecular weight excluding hydrogens is 352 g/mol. The lowest BCUT2D eigenvalue weighted by Gasteiger charge is -2.25. The second-order valence-electron chi connectivity index (χ2n) is 6.59. The van der Waals surface area contributed by atoms with Crippen LogP contribution in [0.25, 0.3) is 0 Å². The van der Waals surface area contributed by atoms with Gasteiger partial charge in [-0.2, -0.15) is 0 Å². The van der Waals surface area contributed by atoms with Gasteiger partial charge in [-0.05, 0) is 32.4 Å². The number of carbonyl (C=O) groups excluding carboxylic acids is 1. The molecule has 1 saturated heterocycles. The first-order valence-corrected chi connectivity index (χ1v) is 10.2. The molecule has 2 aromatic rings. The molecule has 8 heteroatoms. The van der Waals surface area contributed by atoms with Crippen LogP contribution >= 0.6 is 0 Å². The largest absolute Gasteiger partial charge is 0.355 e. The molecule has 1 atom stereocenters. The van der Waals surface area contributed by atoms with Crippen molar-refractivity contribution in [1.29, 1.82) is 0 Å². The number of hydrogen-bond donors (Lipinski definition) is 1. The Balaban J connectivity index is 1.84. The van der Waals surface area contributed by atoms with Crippen LogP contribution in [0.5, 0.6) is 0 Å². The topological polar surface area (TPSA) is 92.3 Å². The summed E-state index contributed by atoms with van der Waals surface area (Å²) in [7, 11) is -1.11. The number of rotatable bonds is 5. The van der Waals surface area contributed by atoms with Gasteiger partial charge in [0, 0.05) is 30.4 Å². The number of aromatic nitrogens is 2. The number of nitrogens with one attached hydrogen (secondary N) is 1. The molecule has 1 aromatic heterocycles. The summed E-state index contributed by atoms with van der Waals surface area (Å²) in [6.07, 6.45) is 0.602. The van der Waals surface area contributed by atoms with E-state index in [1.807, 2.05) is 24.1 Å². The zero-order valence-electron chi connectivity index (χ0n) is 15.1. The minimum Gasteiger partial charge on any atom is -0.355 e. The fourth-order valence-corrected chi connectivity index (χ4v) is 4.80. The van der Waals surface area contributed by atoms with Crippen molar-refractivity contribution in [3.63, 3.8) is 0 Å². The number of nitrogens with zero attached hydrogens (tertiary/aromatic N) is 3. The summed E-state index contributed by atoms with van der Waals surface area (Å²) in [5.74, 6) is 2.21. The van der Waals surface area contributed by atoms with Crippen LogP contribution < -0.4 is 10.2 Å². The van der Waals surface area contributed by atoms with Crippen molar-refractivity contribution in [2.45, 2.75) is 26.3 Å². The summed E-state index contributed by atoms with van der Waals surface area (Å²) in [5.41, 5.74) is 1.38. The molecule has 3 rings (SSSR count). The van der Waals surface area contributed by atoms with Gasteiger partial charge in [0.05, 0.1) is 11.5 Å². The number of ketones is 1. The first-order chi connectivity index (χ1) is 12.2. The Morgan fingerprint density at radius 3 is 2.69 bits per heavy atom. The van der Waals surface area contributed by atoms with E-state index in [4.69, 9.17) is 0 Å². The van der Waals surface area contributed by atoms with Crippen LogP contribution in [-0.4, -0.2) is 48.8 Å². The van der Waals surface area contributed by atoms with E-state index >= 15 is 0 Å². The number of anilines is 3. The van der Waals surface area contributed by atoms with E-state index in [1.54, 1.807) is 25.1 Å². The van der Waals surface area contributed by atoms with E-state index in [0.717, 1.165) is 5.69 Å². The molecule has 0 bridgehead atoms. The highest BCUT2D eigenvalue weighted by molar-refractivity contribution is 7.91. The number of sulfone groups is 1. The van der Waals surface area contributed by atoms with Gasteiger partial charge >= 0.3 is 0 Å². The quantitative estimate of drug-likeness (QED) is 0.803. The lowest BCUT2D eigenvalue weighted by Crippen LogP contribution is -2.33. The summed E-state index contributed by atoms with van der Waals surface area (Å²) < 4.78 is 23.5. The molecule has 7 nitrogen and oxygen atoms in total. The number of benzene rings is 1. The van der Waals surface area contributed by atoms with Gasteiger partial charge < -0.3 is 10.2 Å². The van der Waals surface area contributed by atoms with Gasteiger partial charge in [0.2, 0.25) is 0 Å². The molecule has 1 aliphatic rings. The summed E-state index contributed by atoms with van der Waals surface area (Å²) in [6, 6.07) is 8.91. The number of hydrogen-bond acceptors (Lipinski definition) is 7. The van der Waals surface area contributed by atoms with Crippen LogP contribution in [0.3, 0.4) is 0 Å². The second-order valence-corrected chi connectivity index (χ2v) is 8.82. The zero-order valence-corrected chi connectivity index (χ0v) is 15.9. The third-order valence-electron chi connectivity index (χ3n) is 4.48. The van der Waals surface area contributed by atoms with Crippen molar-refractivity contribution in [2.24, 2.45) is 0 Å².